The molecule has 20 atom stereocenters. The van der Waals surface area contributed by atoms with E-state index >= 15 is 0 Å². The highest BCUT2D eigenvalue weighted by atomic mass is 32.3. The van der Waals surface area contributed by atoms with Gasteiger partial charge in [0.05, 0.1) is 19.8 Å². The quantitative estimate of drug-likeness (QED) is 0.0449. The average Bonchev–Trinajstić information content (AvgIpc) is 3.14. The molecule has 0 aliphatic carbocycles. The Labute approximate surface area is 329 Å². The molecule has 0 amide bonds. The van der Waals surface area contributed by atoms with Crippen molar-refractivity contribution >= 4 is 34.3 Å². The molecule has 31 heteroatoms. The number of nitrogens with two attached hydrogens (primary N) is 1. The summed E-state index contributed by atoms with van der Waals surface area (Å²) in [5.74, 6) is -7.95. The molecule has 4 heterocycles. The SMILES string of the molecule is NCCOCCO[C@@H]1O[C@@H](C(=O)O)[C@@H](O[C@@H]2O[C@@H](C(=O)O)[C@@H](O[C@@H]3O[C@@H](C(=O)O)[C@@H](O[C@@H]4O[C@@H](C(=O)O)[C@@H](OS(=O)(=O)O)[C@H](O)[C@H]4O)[C@H](O)[C@H]3O)[C@H](O)[C@H]2O)[C@H](O)[C@H]1O. The molecule has 15 N–H and O–H groups in total. The first kappa shape index (κ1) is 48.7. The minimum atomic E-state index is -5.47. The normalized spacial score (nSPS) is 43.2. The molecule has 0 spiro atoms. The number of rotatable bonds is 18. The Morgan fingerprint density at radius 2 is 0.780 bits per heavy atom. The summed E-state index contributed by atoms with van der Waals surface area (Å²) in [6.45, 7) is -0.0411. The first-order valence-electron chi connectivity index (χ1n) is 17.0. The van der Waals surface area contributed by atoms with Crippen LogP contribution in [0.1, 0.15) is 0 Å². The highest BCUT2D eigenvalue weighted by Gasteiger charge is 2.59. The number of ether oxygens (including phenoxy) is 9. The first-order valence-corrected chi connectivity index (χ1v) is 18.4. The second kappa shape index (κ2) is 20.3. The molecule has 30 nitrogen and oxygen atoms in total. The Hall–Kier alpha value is -2.97. The van der Waals surface area contributed by atoms with Crippen LogP contribution in [0.25, 0.3) is 0 Å². The van der Waals surface area contributed by atoms with E-state index in [4.69, 9.17) is 52.9 Å². The van der Waals surface area contributed by atoms with Crippen LogP contribution >= 0.6 is 0 Å². The van der Waals surface area contributed by atoms with Crippen LogP contribution in [0.5, 0.6) is 0 Å². The van der Waals surface area contributed by atoms with Gasteiger partial charge in [-0.1, -0.05) is 0 Å². The molecule has 4 saturated heterocycles. The molecule has 59 heavy (non-hydrogen) atoms. The van der Waals surface area contributed by atoms with Gasteiger partial charge < -0.3 is 110 Å². The van der Waals surface area contributed by atoms with Crippen LogP contribution in [0, 0.1) is 0 Å². The number of hydrogen-bond acceptors (Lipinski definition) is 25. The highest BCUT2D eigenvalue weighted by Crippen LogP contribution is 2.35. The monoisotopic (exact) mass is 889 g/mol. The summed E-state index contributed by atoms with van der Waals surface area (Å²) in [4.78, 5) is 48.3. The third kappa shape index (κ3) is 11.3. The fourth-order valence-corrected chi connectivity index (χ4v) is 6.69. The first-order chi connectivity index (χ1) is 27.5. The highest BCUT2D eigenvalue weighted by molar-refractivity contribution is 7.80. The Balaban J connectivity index is 1.48. The lowest BCUT2D eigenvalue weighted by Gasteiger charge is -2.48. The largest absolute Gasteiger partial charge is 0.479 e. The number of aliphatic carboxylic acids is 4. The Bertz CT molecular complexity index is 1570. The number of aliphatic hydroxyl groups excluding tert-OH is 8. The number of hydrogen-bond donors (Lipinski definition) is 14. The molecule has 4 aliphatic heterocycles. The van der Waals surface area contributed by atoms with Gasteiger partial charge in [0.1, 0.15) is 73.2 Å². The second-order valence-electron chi connectivity index (χ2n) is 13.0. The van der Waals surface area contributed by atoms with Crippen LogP contribution in [0.2, 0.25) is 0 Å². The molecule has 0 saturated carbocycles. The minimum Gasteiger partial charge on any atom is -0.479 e. The molecule has 0 aromatic heterocycles. The number of carboxylic acids is 4. The van der Waals surface area contributed by atoms with E-state index in [1.165, 1.54) is 0 Å². The third-order valence-electron chi connectivity index (χ3n) is 9.03. The lowest BCUT2D eigenvalue weighted by molar-refractivity contribution is -0.378. The van der Waals surface area contributed by atoms with Gasteiger partial charge in [-0.3, -0.25) is 4.55 Å². The molecule has 0 radical (unpaired) electrons. The molecular formula is C28H43NO29S. The van der Waals surface area contributed by atoms with Crippen LogP contribution in [0.4, 0.5) is 0 Å². The number of aliphatic hydroxyl groups is 8. The zero-order chi connectivity index (χ0) is 44.3. The van der Waals surface area contributed by atoms with E-state index in [-0.39, 0.29) is 26.4 Å². The predicted molar refractivity (Wildman–Crippen MR) is 170 cm³/mol. The van der Waals surface area contributed by atoms with E-state index < -0.39 is 157 Å². The van der Waals surface area contributed by atoms with Crippen LogP contribution in [-0.2, 0) is 76.4 Å². The van der Waals surface area contributed by atoms with Gasteiger partial charge in [-0.15, -0.1) is 0 Å². The van der Waals surface area contributed by atoms with Gasteiger partial charge in [0.15, 0.2) is 49.6 Å². The van der Waals surface area contributed by atoms with Crippen molar-refractivity contribution < 1.29 is 140 Å². The average molecular weight is 890 g/mol. The Kier molecular flexibility index (Phi) is 16.7. The van der Waals surface area contributed by atoms with Crippen molar-refractivity contribution in [1.29, 1.82) is 0 Å². The predicted octanol–water partition coefficient (Wildman–Crippen LogP) is -9.55. The molecule has 0 aromatic carbocycles. The summed E-state index contributed by atoms with van der Waals surface area (Å²) in [6, 6.07) is 0. The zero-order valence-electron chi connectivity index (χ0n) is 29.7. The summed E-state index contributed by atoms with van der Waals surface area (Å²) in [5.41, 5.74) is 5.30. The van der Waals surface area contributed by atoms with E-state index in [1.807, 2.05) is 0 Å². The standard InChI is InChI=1S/C28H43NO29S/c29-1-2-49-3-4-50-25-9(34)5(30)13(17(54-25)21(38)39)51-26-10(35)6(31)14(18(55-26)22(40)41)52-27-11(36)7(32)15(19(56-27)23(42)43)53-28-12(37)8(33)16(58-59(46,47)48)20(57-28)24(44)45/h5-20,25-28,30-37H,1-4,29H2,(H,38,39)(H,40,41)(H,42,43)(H,44,45)(H,46,47,48)/t5-,6-,7-,8-,9-,10-,11-,12-,13+,14+,15+,16+,17-,18-,19-,20-,25-,26-,27-,28-/m1/s1. The topological polar surface area (TPSA) is 484 Å². The number of carbonyl (C=O) groups is 4. The van der Waals surface area contributed by atoms with Gasteiger partial charge in [-0.2, -0.15) is 8.42 Å². The van der Waals surface area contributed by atoms with Crippen molar-refractivity contribution in [2.75, 3.05) is 26.4 Å². The molecule has 4 fully saturated rings. The van der Waals surface area contributed by atoms with Crippen molar-refractivity contribution in [2.24, 2.45) is 5.73 Å². The van der Waals surface area contributed by atoms with E-state index in [9.17, 15) is 88.9 Å². The van der Waals surface area contributed by atoms with Gasteiger partial charge in [0, 0.05) is 6.54 Å². The molecule has 0 unspecified atom stereocenters. The summed E-state index contributed by atoms with van der Waals surface area (Å²) in [7, 11) is -5.47. The van der Waals surface area contributed by atoms with E-state index in [0.717, 1.165) is 0 Å². The molecule has 340 valence electrons. The zero-order valence-corrected chi connectivity index (χ0v) is 30.5. The lowest BCUT2D eigenvalue weighted by Crippen LogP contribution is -2.68. The van der Waals surface area contributed by atoms with Crippen LogP contribution in [0.15, 0.2) is 0 Å². The maximum atomic E-state index is 12.3. The second-order valence-corrected chi connectivity index (χ2v) is 14.1. The van der Waals surface area contributed by atoms with Crippen LogP contribution in [-0.4, -0.2) is 247 Å². The molecular weight excluding hydrogens is 846 g/mol. The van der Waals surface area contributed by atoms with Crippen LogP contribution in [0.3, 0.4) is 0 Å². The maximum absolute atomic E-state index is 12.3. The van der Waals surface area contributed by atoms with Crippen LogP contribution < -0.4 is 5.73 Å². The van der Waals surface area contributed by atoms with Gasteiger partial charge >= 0.3 is 34.3 Å². The van der Waals surface area contributed by atoms with Gasteiger partial charge in [-0.05, 0) is 0 Å². The third-order valence-corrected chi connectivity index (χ3v) is 9.50. The van der Waals surface area contributed by atoms with Crippen molar-refractivity contribution in [1.82, 2.24) is 0 Å². The lowest BCUT2D eigenvalue weighted by atomic mass is 9.95. The van der Waals surface area contributed by atoms with Gasteiger partial charge in [-0.25, -0.2) is 23.4 Å². The summed E-state index contributed by atoms with van der Waals surface area (Å²) in [6.07, 6.45) is -47.5. The van der Waals surface area contributed by atoms with Crippen molar-refractivity contribution in [3.8, 4) is 0 Å². The summed E-state index contributed by atoms with van der Waals surface area (Å²) < 4.78 is 81.9. The smallest absolute Gasteiger partial charge is 0.397 e. The Morgan fingerprint density at radius 3 is 1.10 bits per heavy atom. The fourth-order valence-electron chi connectivity index (χ4n) is 6.19. The van der Waals surface area contributed by atoms with Gasteiger partial charge in [0.25, 0.3) is 0 Å². The maximum Gasteiger partial charge on any atom is 0.397 e. The molecule has 4 rings (SSSR count). The van der Waals surface area contributed by atoms with E-state index in [1.54, 1.807) is 0 Å². The van der Waals surface area contributed by atoms with Gasteiger partial charge in [0.2, 0.25) is 0 Å². The minimum absolute atomic E-state index is 0.0787. The van der Waals surface area contributed by atoms with E-state index in [0.29, 0.717) is 0 Å². The number of carboxylic acid groups (broad SMARTS) is 4. The fraction of sp³-hybridized carbons (Fsp3) is 0.857. The summed E-state index contributed by atoms with van der Waals surface area (Å²) in [5, 5.41) is 125. The molecule has 0 bridgehead atoms. The summed E-state index contributed by atoms with van der Waals surface area (Å²) >= 11 is 0. The van der Waals surface area contributed by atoms with Crippen molar-refractivity contribution in [3.05, 3.63) is 0 Å². The van der Waals surface area contributed by atoms with E-state index in [2.05, 4.69) is 4.18 Å². The Morgan fingerprint density at radius 1 is 0.475 bits per heavy atom. The molecule has 0 aromatic rings. The molecule has 4 aliphatic rings. The van der Waals surface area contributed by atoms with Crippen molar-refractivity contribution in [2.45, 2.75) is 123 Å². The van der Waals surface area contributed by atoms with Crippen molar-refractivity contribution in [3.63, 3.8) is 0 Å².